The lowest BCUT2D eigenvalue weighted by molar-refractivity contribution is -0.206. The molecule has 0 aromatic heterocycles. The van der Waals surface area contributed by atoms with Crippen LogP contribution in [0.3, 0.4) is 0 Å². The van der Waals surface area contributed by atoms with E-state index in [2.05, 4.69) is 16.4 Å². The summed E-state index contributed by atoms with van der Waals surface area (Å²) in [5, 5.41) is 0. The van der Waals surface area contributed by atoms with Crippen molar-refractivity contribution in [1.82, 2.24) is 0 Å². The Bertz CT molecular complexity index is 1060. The van der Waals surface area contributed by atoms with E-state index in [1.807, 2.05) is 0 Å². The predicted octanol–water partition coefficient (Wildman–Crippen LogP) is 7.93. The minimum atomic E-state index is -4.71. The fraction of sp³-hybridized carbons (Fsp3) is 0.440. The monoisotopic (exact) mass is 540 g/mol. The van der Waals surface area contributed by atoms with Gasteiger partial charge in [0.1, 0.15) is 22.9 Å². The van der Waals surface area contributed by atoms with Crippen molar-refractivity contribution in [3.05, 3.63) is 71.2 Å². The van der Waals surface area contributed by atoms with Crippen LogP contribution in [0.2, 0.25) is 0 Å². The molecule has 0 unspecified atom stereocenters. The molecule has 0 bridgehead atoms. The topological polar surface area (TPSA) is 36.9 Å². The van der Waals surface area contributed by atoms with Crippen molar-refractivity contribution in [1.29, 1.82) is 0 Å². The molecule has 0 atom stereocenters. The average Bonchev–Trinajstić information content (AvgIpc) is 2.79. The smallest absolute Gasteiger partial charge is 0.432 e. The summed E-state index contributed by atoms with van der Waals surface area (Å²) in [6.45, 7) is 2.64. The molecule has 2 aromatic rings. The second kappa shape index (κ2) is 12.1. The Labute approximate surface area is 207 Å². The Morgan fingerprint density at radius 2 is 1.57 bits per heavy atom. The molecule has 1 fully saturated rings. The van der Waals surface area contributed by atoms with Crippen LogP contribution in [0.1, 0.15) is 50.0 Å². The molecule has 0 aliphatic carbocycles. The second-order valence-corrected chi connectivity index (χ2v) is 8.39. The molecule has 1 saturated heterocycles. The molecule has 0 N–H and O–H groups in total. The first-order valence-electron chi connectivity index (χ1n) is 11.4. The zero-order chi connectivity index (χ0) is 27.2. The van der Waals surface area contributed by atoms with Crippen molar-refractivity contribution in [2.75, 3.05) is 13.2 Å². The van der Waals surface area contributed by atoms with Gasteiger partial charge in [-0.1, -0.05) is 26.2 Å². The lowest BCUT2D eigenvalue weighted by Crippen LogP contribution is -2.28. The summed E-state index contributed by atoms with van der Waals surface area (Å²) in [5.41, 5.74) is -1.86. The zero-order valence-electron chi connectivity index (χ0n) is 19.6. The van der Waals surface area contributed by atoms with Gasteiger partial charge < -0.3 is 18.9 Å². The molecule has 12 heteroatoms. The minimum Gasteiger partial charge on any atom is -0.462 e. The van der Waals surface area contributed by atoms with E-state index in [1.54, 1.807) is 0 Å². The van der Waals surface area contributed by atoms with Crippen LogP contribution >= 0.6 is 0 Å². The standard InChI is InChI=1S/C25H24F8O4/c1-2-3-4-5-15-13-35-23(36-14-15)16-10-19(27)22(20(28)11-16)25(32,33)37-17-6-7-21(18(26)12-17)34-9-8-24(29,30)31/h6-12,15,23H,2-5,13-14H2,1H3/b9-8-. The van der Waals surface area contributed by atoms with Crippen LogP contribution in [0.15, 0.2) is 42.7 Å². The van der Waals surface area contributed by atoms with Crippen LogP contribution in [0.5, 0.6) is 11.5 Å². The summed E-state index contributed by atoms with van der Waals surface area (Å²) in [7, 11) is 0. The van der Waals surface area contributed by atoms with Gasteiger partial charge in [-0.15, -0.1) is 0 Å². The molecule has 37 heavy (non-hydrogen) atoms. The molecule has 0 saturated carbocycles. The Kier molecular flexibility index (Phi) is 9.41. The highest BCUT2D eigenvalue weighted by atomic mass is 19.4. The first-order chi connectivity index (χ1) is 17.4. The fourth-order valence-corrected chi connectivity index (χ4v) is 3.62. The third-order valence-corrected chi connectivity index (χ3v) is 5.41. The summed E-state index contributed by atoms with van der Waals surface area (Å²) >= 11 is 0. The van der Waals surface area contributed by atoms with Gasteiger partial charge in [0.25, 0.3) is 0 Å². The van der Waals surface area contributed by atoms with Gasteiger partial charge in [0, 0.05) is 17.5 Å². The number of allylic oxidation sites excluding steroid dienone is 1. The van der Waals surface area contributed by atoms with E-state index < -0.39 is 53.1 Å². The zero-order valence-corrected chi connectivity index (χ0v) is 19.6. The maximum Gasteiger partial charge on any atom is 0.432 e. The van der Waals surface area contributed by atoms with Crippen LogP contribution in [-0.2, 0) is 15.6 Å². The molecule has 4 nitrogen and oxygen atoms in total. The maximum atomic E-state index is 14.6. The van der Waals surface area contributed by atoms with E-state index in [-0.39, 0.29) is 37.0 Å². The van der Waals surface area contributed by atoms with E-state index in [4.69, 9.17) is 9.47 Å². The molecule has 204 valence electrons. The number of alkyl halides is 5. The van der Waals surface area contributed by atoms with E-state index in [9.17, 15) is 35.1 Å². The van der Waals surface area contributed by atoms with Gasteiger partial charge in [-0.05, 0) is 30.7 Å². The van der Waals surface area contributed by atoms with Crippen LogP contribution < -0.4 is 9.47 Å². The molecule has 0 radical (unpaired) electrons. The first kappa shape index (κ1) is 28.7. The van der Waals surface area contributed by atoms with E-state index in [0.717, 1.165) is 31.7 Å². The number of rotatable bonds is 10. The largest absolute Gasteiger partial charge is 0.462 e. The minimum absolute atomic E-state index is 0.118. The normalized spacial score (nSPS) is 18.8. The number of halogens is 8. The number of benzene rings is 2. The van der Waals surface area contributed by atoms with Crippen LogP contribution in [0.4, 0.5) is 35.1 Å². The first-order valence-corrected chi connectivity index (χ1v) is 11.4. The summed E-state index contributed by atoms with van der Waals surface area (Å²) in [6, 6.07) is 3.10. The van der Waals surface area contributed by atoms with Crippen LogP contribution in [0.25, 0.3) is 0 Å². The lowest BCUT2D eigenvalue weighted by atomic mass is 10.0. The number of hydrogen-bond acceptors (Lipinski definition) is 4. The van der Waals surface area contributed by atoms with Gasteiger partial charge in [0.05, 0.1) is 25.6 Å². The quantitative estimate of drug-likeness (QED) is 0.174. The number of hydrogen-bond donors (Lipinski definition) is 0. The van der Waals surface area contributed by atoms with Crippen molar-refractivity contribution < 1.29 is 54.1 Å². The Morgan fingerprint density at radius 3 is 2.14 bits per heavy atom. The van der Waals surface area contributed by atoms with E-state index >= 15 is 0 Å². The molecule has 0 spiro atoms. The van der Waals surface area contributed by atoms with Gasteiger partial charge in [-0.2, -0.15) is 22.0 Å². The molecule has 1 heterocycles. The van der Waals surface area contributed by atoms with E-state index in [1.165, 1.54) is 0 Å². The Hall–Kier alpha value is -2.86. The van der Waals surface area contributed by atoms with Gasteiger partial charge in [0.15, 0.2) is 17.9 Å². The summed E-state index contributed by atoms with van der Waals surface area (Å²) in [6.07, 6.45) is -6.62. The van der Waals surface area contributed by atoms with Crippen LogP contribution in [0, 0.1) is 23.4 Å². The second-order valence-electron chi connectivity index (χ2n) is 8.39. The van der Waals surface area contributed by atoms with E-state index in [0.29, 0.717) is 24.3 Å². The van der Waals surface area contributed by atoms with Crippen molar-refractivity contribution >= 4 is 0 Å². The van der Waals surface area contributed by atoms with Gasteiger partial charge >= 0.3 is 12.3 Å². The highest BCUT2D eigenvalue weighted by Gasteiger charge is 2.42. The van der Waals surface area contributed by atoms with Gasteiger partial charge in [0.2, 0.25) is 0 Å². The third-order valence-electron chi connectivity index (χ3n) is 5.41. The SMILES string of the molecule is CCCCCC1COC(c2cc(F)c(C(F)(F)Oc3ccc(O/C=C\C(F)(F)F)c(F)c3)c(F)c2)OC1. The van der Waals surface area contributed by atoms with Gasteiger partial charge in [-0.3, -0.25) is 0 Å². The number of unbranched alkanes of at least 4 members (excludes halogenated alkanes) is 2. The summed E-state index contributed by atoms with van der Waals surface area (Å²) in [4.78, 5) is 0. The third kappa shape index (κ3) is 8.06. The highest BCUT2D eigenvalue weighted by Crippen LogP contribution is 2.38. The number of ether oxygens (including phenoxy) is 4. The molecule has 1 aliphatic heterocycles. The maximum absolute atomic E-state index is 14.6. The highest BCUT2D eigenvalue weighted by molar-refractivity contribution is 5.35. The van der Waals surface area contributed by atoms with Crippen molar-refractivity contribution in [3.63, 3.8) is 0 Å². The fourth-order valence-electron chi connectivity index (χ4n) is 3.62. The van der Waals surface area contributed by atoms with Crippen molar-refractivity contribution in [2.24, 2.45) is 5.92 Å². The molecule has 1 aliphatic rings. The molecule has 2 aromatic carbocycles. The van der Waals surface area contributed by atoms with Crippen molar-refractivity contribution in [2.45, 2.75) is 51.2 Å². The molecule has 0 amide bonds. The van der Waals surface area contributed by atoms with Crippen LogP contribution in [-0.4, -0.2) is 19.4 Å². The lowest BCUT2D eigenvalue weighted by Gasteiger charge is -2.30. The molecular weight excluding hydrogens is 516 g/mol. The Balaban J connectivity index is 1.68. The average molecular weight is 540 g/mol. The Morgan fingerprint density at radius 1 is 0.919 bits per heavy atom. The molecule has 3 rings (SSSR count). The summed E-state index contributed by atoms with van der Waals surface area (Å²) < 4.78 is 129. The summed E-state index contributed by atoms with van der Waals surface area (Å²) in [5.74, 6) is -6.10. The van der Waals surface area contributed by atoms with Crippen molar-refractivity contribution in [3.8, 4) is 11.5 Å². The predicted molar refractivity (Wildman–Crippen MR) is 115 cm³/mol. The molecular formula is C25H24F8O4. The van der Waals surface area contributed by atoms with Gasteiger partial charge in [-0.25, -0.2) is 13.2 Å².